The van der Waals surface area contributed by atoms with Crippen molar-refractivity contribution in [2.75, 3.05) is 19.0 Å². The van der Waals surface area contributed by atoms with Crippen molar-refractivity contribution >= 4 is 11.8 Å². The van der Waals surface area contributed by atoms with E-state index in [0.29, 0.717) is 0 Å². The molecule has 2 aromatic rings. The Kier molecular flexibility index (Phi) is 3.82. The molecule has 1 aliphatic rings. The van der Waals surface area contributed by atoms with Crippen LogP contribution in [-0.4, -0.2) is 30.3 Å². The minimum Gasteiger partial charge on any atom is -0.449 e. The number of fused-ring (bicyclic) bond motifs is 3. The highest BCUT2D eigenvalue weighted by atomic mass is 16.7. The molecule has 23 heavy (non-hydrogen) atoms. The molecule has 1 aliphatic carbocycles. The molecule has 0 spiro atoms. The van der Waals surface area contributed by atoms with Gasteiger partial charge in [-0.2, -0.15) is 0 Å². The number of carboxylic acid groups (broad SMARTS) is 1. The summed E-state index contributed by atoms with van der Waals surface area (Å²) in [5.41, 5.74) is 4.40. The first-order chi connectivity index (χ1) is 11.0. The normalized spacial score (nSPS) is 12.8. The monoisotopic (exact) mass is 314 g/mol. The number of pyridine rings is 1. The molecule has 1 aromatic heterocycles. The van der Waals surface area contributed by atoms with Gasteiger partial charge in [0.2, 0.25) is 0 Å². The maximum absolute atomic E-state index is 12.1. The summed E-state index contributed by atoms with van der Waals surface area (Å²) in [4.78, 5) is 27.6. The average Bonchev–Trinajstić information content (AvgIpc) is 2.66. The van der Waals surface area contributed by atoms with Gasteiger partial charge in [-0.15, -0.1) is 0 Å². The summed E-state index contributed by atoms with van der Waals surface area (Å²) in [5, 5.41) is 8.71. The smallest absolute Gasteiger partial charge is 0.449 e. The lowest BCUT2D eigenvalue weighted by atomic mass is 10.0. The molecule has 120 valence electrons. The van der Waals surface area contributed by atoms with Gasteiger partial charge in [-0.05, 0) is 48.6 Å². The largest absolute Gasteiger partial charge is 0.511 e. The van der Waals surface area contributed by atoms with E-state index < -0.39 is 11.7 Å². The number of aromatic amines is 1. The number of benzene rings is 1. The Morgan fingerprint density at radius 3 is 2.65 bits per heavy atom. The van der Waals surface area contributed by atoms with Gasteiger partial charge >= 0.3 is 6.16 Å². The maximum atomic E-state index is 12.1. The Labute approximate surface area is 133 Å². The van der Waals surface area contributed by atoms with Gasteiger partial charge in [-0.25, -0.2) is 4.79 Å². The minimum absolute atomic E-state index is 0.176. The van der Waals surface area contributed by atoms with Gasteiger partial charge in [0.05, 0.1) is 5.69 Å². The molecule has 6 nitrogen and oxygen atoms in total. The highest BCUT2D eigenvalue weighted by Gasteiger charge is 2.19. The van der Waals surface area contributed by atoms with E-state index in [9.17, 15) is 9.59 Å². The summed E-state index contributed by atoms with van der Waals surface area (Å²) >= 11 is 0. The molecule has 1 aromatic carbocycles. The van der Waals surface area contributed by atoms with E-state index in [2.05, 4.69) is 15.8 Å². The fraction of sp³-hybridized carbons (Fsp3) is 0.294. The van der Waals surface area contributed by atoms with Crippen LogP contribution in [0.4, 0.5) is 10.5 Å². The van der Waals surface area contributed by atoms with Crippen molar-refractivity contribution in [3.63, 3.8) is 0 Å². The molecule has 0 fully saturated rings. The van der Waals surface area contributed by atoms with Gasteiger partial charge in [0.25, 0.3) is 5.56 Å². The number of rotatable bonds is 2. The number of hydrogen-bond acceptors (Lipinski definition) is 4. The third-order valence-corrected chi connectivity index (χ3v) is 4.05. The predicted molar refractivity (Wildman–Crippen MR) is 87.5 cm³/mol. The Balaban J connectivity index is 2.13. The van der Waals surface area contributed by atoms with Crippen LogP contribution in [0.15, 0.2) is 29.1 Å². The number of aryl methyl sites for hydroxylation is 2. The molecular formula is C17H18N2O4. The van der Waals surface area contributed by atoms with Gasteiger partial charge in [0.1, 0.15) is 0 Å². The molecule has 0 unspecified atom stereocenters. The second-order valence-electron chi connectivity index (χ2n) is 5.82. The SMILES string of the molecule is CN(C)c1ccc2c(c1)CCCc1cc(OC(=O)O)c(=O)[nH]c1-2. The van der Waals surface area contributed by atoms with E-state index in [1.807, 2.05) is 31.1 Å². The summed E-state index contributed by atoms with van der Waals surface area (Å²) in [5.74, 6) is -0.176. The zero-order chi connectivity index (χ0) is 16.6. The van der Waals surface area contributed by atoms with Gasteiger partial charge in [-0.1, -0.05) is 6.07 Å². The molecule has 0 radical (unpaired) electrons. The van der Waals surface area contributed by atoms with Gasteiger partial charge in [-0.3, -0.25) is 4.79 Å². The second kappa shape index (κ2) is 5.79. The standard InChI is InChI=1S/C17H18N2O4/c1-19(2)12-6-7-13-10(8-12)4-3-5-11-9-14(23-17(21)22)16(20)18-15(11)13/h6-9H,3-5H2,1-2H3,(H,18,20)(H,21,22). The van der Waals surface area contributed by atoms with Gasteiger partial charge in [0.15, 0.2) is 5.75 Å². The number of hydrogen-bond donors (Lipinski definition) is 2. The number of H-pyrrole nitrogens is 1. The van der Waals surface area contributed by atoms with Crippen LogP contribution < -0.4 is 15.2 Å². The summed E-state index contributed by atoms with van der Waals surface area (Å²) in [7, 11) is 3.98. The van der Waals surface area contributed by atoms with Crippen molar-refractivity contribution in [2.24, 2.45) is 0 Å². The van der Waals surface area contributed by atoms with Crippen molar-refractivity contribution in [1.82, 2.24) is 4.98 Å². The Morgan fingerprint density at radius 1 is 1.22 bits per heavy atom. The molecule has 2 N–H and O–H groups in total. The topological polar surface area (TPSA) is 82.6 Å². The molecule has 1 heterocycles. The van der Waals surface area contributed by atoms with Crippen LogP contribution in [0.1, 0.15) is 17.5 Å². The highest BCUT2D eigenvalue weighted by molar-refractivity contribution is 5.72. The number of anilines is 1. The van der Waals surface area contributed by atoms with E-state index >= 15 is 0 Å². The molecule has 0 saturated carbocycles. The lowest BCUT2D eigenvalue weighted by Gasteiger charge is -2.16. The first-order valence-corrected chi connectivity index (χ1v) is 7.43. The summed E-state index contributed by atoms with van der Waals surface area (Å²) in [6.45, 7) is 0. The average molecular weight is 314 g/mol. The number of nitrogens with zero attached hydrogens (tertiary/aromatic N) is 1. The molecule has 0 bridgehead atoms. The van der Waals surface area contributed by atoms with Crippen LogP contribution in [0.3, 0.4) is 0 Å². The van der Waals surface area contributed by atoms with Crippen LogP contribution in [-0.2, 0) is 12.8 Å². The van der Waals surface area contributed by atoms with Crippen molar-refractivity contribution in [3.8, 4) is 17.0 Å². The molecule has 0 aliphatic heterocycles. The lowest BCUT2D eigenvalue weighted by molar-refractivity contribution is 0.144. The molecule has 0 atom stereocenters. The highest BCUT2D eigenvalue weighted by Crippen LogP contribution is 2.33. The second-order valence-corrected chi connectivity index (χ2v) is 5.82. The van der Waals surface area contributed by atoms with Crippen LogP contribution >= 0.6 is 0 Å². The van der Waals surface area contributed by atoms with Crippen molar-refractivity contribution in [1.29, 1.82) is 0 Å². The lowest BCUT2D eigenvalue weighted by Crippen LogP contribution is -2.16. The van der Waals surface area contributed by atoms with Crippen LogP contribution in [0.5, 0.6) is 5.75 Å². The van der Waals surface area contributed by atoms with Crippen LogP contribution in [0, 0.1) is 0 Å². The zero-order valence-electron chi connectivity index (χ0n) is 13.0. The molecule has 6 heteroatoms. The summed E-state index contributed by atoms with van der Waals surface area (Å²) in [6, 6.07) is 7.68. The molecular weight excluding hydrogens is 296 g/mol. The van der Waals surface area contributed by atoms with E-state index in [-0.39, 0.29) is 5.75 Å². The van der Waals surface area contributed by atoms with E-state index in [4.69, 9.17) is 5.11 Å². The molecule has 3 rings (SSSR count). The molecule has 0 saturated heterocycles. The van der Waals surface area contributed by atoms with E-state index in [1.54, 1.807) is 0 Å². The van der Waals surface area contributed by atoms with Crippen molar-refractivity contribution < 1.29 is 14.6 Å². The Bertz CT molecular complexity index is 824. The predicted octanol–water partition coefficient (Wildman–Crippen LogP) is 2.65. The number of carbonyl (C=O) groups is 1. The Hall–Kier alpha value is -2.76. The quantitative estimate of drug-likeness (QED) is 0.833. The first-order valence-electron chi connectivity index (χ1n) is 7.43. The zero-order valence-corrected chi connectivity index (χ0v) is 13.0. The fourth-order valence-electron chi connectivity index (χ4n) is 2.94. The van der Waals surface area contributed by atoms with E-state index in [0.717, 1.165) is 41.8 Å². The van der Waals surface area contributed by atoms with Crippen molar-refractivity contribution in [3.05, 3.63) is 45.7 Å². The third-order valence-electron chi connectivity index (χ3n) is 4.05. The summed E-state index contributed by atoms with van der Waals surface area (Å²) < 4.78 is 4.56. The summed E-state index contributed by atoms with van der Waals surface area (Å²) in [6.07, 6.45) is 1.10. The van der Waals surface area contributed by atoms with Gasteiger partial charge < -0.3 is 19.7 Å². The number of aromatic nitrogens is 1. The van der Waals surface area contributed by atoms with Crippen molar-refractivity contribution in [2.45, 2.75) is 19.3 Å². The maximum Gasteiger partial charge on any atom is 0.511 e. The molecule has 0 amide bonds. The van der Waals surface area contributed by atoms with Gasteiger partial charge in [0, 0.05) is 25.3 Å². The fourth-order valence-corrected chi connectivity index (χ4v) is 2.94. The van der Waals surface area contributed by atoms with Crippen LogP contribution in [0.25, 0.3) is 11.3 Å². The number of nitrogens with one attached hydrogen (secondary N) is 1. The first kappa shape index (κ1) is 15.1. The third kappa shape index (κ3) is 2.92. The van der Waals surface area contributed by atoms with Crippen LogP contribution in [0.2, 0.25) is 0 Å². The van der Waals surface area contributed by atoms with E-state index in [1.165, 1.54) is 11.6 Å². The Morgan fingerprint density at radius 2 is 1.96 bits per heavy atom. The minimum atomic E-state index is -1.49. The number of ether oxygens (including phenoxy) is 1.